The largest absolute Gasteiger partial charge is 0.475 e. The summed E-state index contributed by atoms with van der Waals surface area (Å²) in [6.45, 7) is 1.29. The molecule has 0 aliphatic carbocycles. The molecule has 1 heterocycles. The first-order valence-corrected chi connectivity index (χ1v) is 5.24. The van der Waals surface area contributed by atoms with Crippen LogP contribution in [0.4, 0.5) is 13.2 Å². The third kappa shape index (κ3) is 4.06. The normalized spacial score (nSPS) is 15.4. The number of aliphatic hydroxyl groups is 1. The SMILES string of the molecule is CC(O)(CCCC(F)(F)F)c1ccc(C(=O)O)o1. The molecule has 0 aliphatic heterocycles. The Bertz CT molecular complexity index is 420. The number of aromatic carboxylic acids is 1. The lowest BCUT2D eigenvalue weighted by Gasteiger charge is -2.20. The molecule has 0 saturated heterocycles. The fraction of sp³-hybridized carbons (Fsp3) is 0.545. The van der Waals surface area contributed by atoms with E-state index in [0.717, 1.165) is 6.07 Å². The maximum absolute atomic E-state index is 12.0. The zero-order valence-electron chi connectivity index (χ0n) is 9.62. The predicted octanol–water partition coefficient (Wildman–Crippen LogP) is 2.92. The minimum absolute atomic E-state index is 0.0536. The van der Waals surface area contributed by atoms with Crippen LogP contribution in [0.3, 0.4) is 0 Å². The van der Waals surface area contributed by atoms with E-state index in [9.17, 15) is 23.1 Å². The predicted molar refractivity (Wildman–Crippen MR) is 55.1 cm³/mol. The van der Waals surface area contributed by atoms with Gasteiger partial charge < -0.3 is 14.6 Å². The van der Waals surface area contributed by atoms with Crippen molar-refractivity contribution in [1.82, 2.24) is 0 Å². The van der Waals surface area contributed by atoms with Crippen LogP contribution in [-0.4, -0.2) is 22.4 Å². The molecule has 0 aliphatic rings. The molecule has 0 amide bonds. The van der Waals surface area contributed by atoms with Gasteiger partial charge in [-0.3, -0.25) is 0 Å². The molecule has 0 spiro atoms. The fourth-order valence-electron chi connectivity index (χ4n) is 1.50. The second-order valence-electron chi connectivity index (χ2n) is 4.21. The summed E-state index contributed by atoms with van der Waals surface area (Å²) >= 11 is 0. The number of hydrogen-bond acceptors (Lipinski definition) is 3. The number of hydrogen-bond donors (Lipinski definition) is 2. The summed E-state index contributed by atoms with van der Waals surface area (Å²) in [5.74, 6) is -1.71. The van der Waals surface area contributed by atoms with Gasteiger partial charge in [0.15, 0.2) is 0 Å². The highest BCUT2D eigenvalue weighted by atomic mass is 19.4. The van der Waals surface area contributed by atoms with Crippen LogP contribution >= 0.6 is 0 Å². The van der Waals surface area contributed by atoms with Crippen molar-refractivity contribution >= 4 is 5.97 Å². The zero-order valence-corrected chi connectivity index (χ0v) is 9.62. The monoisotopic (exact) mass is 266 g/mol. The van der Waals surface area contributed by atoms with Gasteiger partial charge in [0.25, 0.3) is 0 Å². The quantitative estimate of drug-likeness (QED) is 0.859. The number of carboxylic acid groups (broad SMARTS) is 1. The van der Waals surface area contributed by atoms with Crippen molar-refractivity contribution in [3.05, 3.63) is 23.7 Å². The van der Waals surface area contributed by atoms with Crippen LogP contribution in [-0.2, 0) is 5.60 Å². The van der Waals surface area contributed by atoms with Gasteiger partial charge in [-0.15, -0.1) is 0 Å². The Labute approximate surface area is 101 Å². The van der Waals surface area contributed by atoms with E-state index in [2.05, 4.69) is 0 Å². The van der Waals surface area contributed by atoms with Gasteiger partial charge in [-0.1, -0.05) is 0 Å². The molecule has 18 heavy (non-hydrogen) atoms. The number of furan rings is 1. The van der Waals surface area contributed by atoms with Crippen LogP contribution in [0.1, 0.15) is 42.5 Å². The molecule has 1 aromatic heterocycles. The molecule has 1 unspecified atom stereocenters. The number of carbonyl (C=O) groups is 1. The molecule has 0 saturated carbocycles. The summed E-state index contributed by atoms with van der Waals surface area (Å²) in [6.07, 6.45) is -5.71. The fourth-order valence-corrected chi connectivity index (χ4v) is 1.50. The minimum atomic E-state index is -4.27. The van der Waals surface area contributed by atoms with Crippen LogP contribution in [0.2, 0.25) is 0 Å². The number of halogens is 3. The van der Waals surface area contributed by atoms with Gasteiger partial charge in [0.1, 0.15) is 11.4 Å². The van der Waals surface area contributed by atoms with E-state index in [1.54, 1.807) is 0 Å². The van der Waals surface area contributed by atoms with E-state index in [0.29, 0.717) is 0 Å². The Morgan fingerprint density at radius 3 is 2.39 bits per heavy atom. The van der Waals surface area contributed by atoms with Gasteiger partial charge in [0.2, 0.25) is 5.76 Å². The van der Waals surface area contributed by atoms with E-state index in [-0.39, 0.29) is 24.4 Å². The summed E-state index contributed by atoms with van der Waals surface area (Å²) in [7, 11) is 0. The smallest absolute Gasteiger partial charge is 0.389 e. The maximum atomic E-state index is 12.0. The van der Waals surface area contributed by atoms with E-state index in [4.69, 9.17) is 9.52 Å². The first-order valence-electron chi connectivity index (χ1n) is 5.24. The topological polar surface area (TPSA) is 70.7 Å². The minimum Gasteiger partial charge on any atom is -0.475 e. The van der Waals surface area contributed by atoms with Crippen molar-refractivity contribution in [1.29, 1.82) is 0 Å². The molecule has 2 N–H and O–H groups in total. The molecule has 0 radical (unpaired) electrons. The average Bonchev–Trinajstić information content (AvgIpc) is 2.63. The van der Waals surface area contributed by atoms with Crippen molar-refractivity contribution < 1.29 is 32.6 Å². The molecule has 7 heteroatoms. The van der Waals surface area contributed by atoms with Gasteiger partial charge in [-0.2, -0.15) is 13.2 Å². The molecule has 0 aromatic carbocycles. The molecule has 1 atom stereocenters. The molecule has 1 aromatic rings. The van der Waals surface area contributed by atoms with Gasteiger partial charge in [-0.25, -0.2) is 4.79 Å². The van der Waals surface area contributed by atoms with Gasteiger partial charge in [0.05, 0.1) is 0 Å². The third-order valence-electron chi connectivity index (χ3n) is 2.47. The Kier molecular flexibility index (Phi) is 4.05. The first kappa shape index (κ1) is 14.6. The summed E-state index contributed by atoms with van der Waals surface area (Å²) in [5, 5.41) is 18.5. The average molecular weight is 266 g/mol. The van der Waals surface area contributed by atoms with Crippen molar-refractivity contribution in [3.63, 3.8) is 0 Å². The zero-order chi connectivity index (χ0) is 14.0. The summed E-state index contributed by atoms with van der Waals surface area (Å²) < 4.78 is 40.7. The highest BCUT2D eigenvalue weighted by molar-refractivity contribution is 5.84. The lowest BCUT2D eigenvalue weighted by Crippen LogP contribution is -2.21. The Morgan fingerprint density at radius 2 is 1.94 bits per heavy atom. The molecule has 1 rings (SSSR count). The van der Waals surface area contributed by atoms with Gasteiger partial charge >= 0.3 is 12.1 Å². The molecule has 0 fully saturated rings. The summed E-state index contributed by atoms with van der Waals surface area (Å²) in [6, 6.07) is 2.40. The molecule has 4 nitrogen and oxygen atoms in total. The van der Waals surface area contributed by atoms with Crippen LogP contribution in [0.25, 0.3) is 0 Å². The van der Waals surface area contributed by atoms with E-state index in [1.807, 2.05) is 0 Å². The molecule has 0 bridgehead atoms. The number of carboxylic acids is 1. The maximum Gasteiger partial charge on any atom is 0.389 e. The highest BCUT2D eigenvalue weighted by Crippen LogP contribution is 2.31. The Morgan fingerprint density at radius 1 is 1.33 bits per heavy atom. The van der Waals surface area contributed by atoms with Crippen molar-refractivity contribution in [2.75, 3.05) is 0 Å². The lowest BCUT2D eigenvalue weighted by molar-refractivity contribution is -0.138. The molecular formula is C11H13F3O4. The van der Waals surface area contributed by atoms with Crippen LogP contribution in [0.15, 0.2) is 16.5 Å². The van der Waals surface area contributed by atoms with Crippen LogP contribution in [0, 0.1) is 0 Å². The van der Waals surface area contributed by atoms with Crippen LogP contribution in [0.5, 0.6) is 0 Å². The Balaban J connectivity index is 2.64. The summed E-state index contributed by atoms with van der Waals surface area (Å²) in [5.41, 5.74) is -1.61. The molecule has 102 valence electrons. The lowest BCUT2D eigenvalue weighted by atomic mass is 9.96. The van der Waals surface area contributed by atoms with Crippen molar-refractivity contribution in [3.8, 4) is 0 Å². The second kappa shape index (κ2) is 5.01. The highest BCUT2D eigenvalue weighted by Gasteiger charge is 2.31. The first-order chi connectivity index (χ1) is 8.12. The van der Waals surface area contributed by atoms with Crippen molar-refractivity contribution in [2.24, 2.45) is 0 Å². The standard InChI is InChI=1S/C11H13F3O4/c1-10(17,5-2-6-11(12,13)14)8-4-3-7(18-8)9(15)16/h3-4,17H,2,5-6H2,1H3,(H,15,16). The van der Waals surface area contributed by atoms with E-state index >= 15 is 0 Å². The second-order valence-corrected chi connectivity index (χ2v) is 4.21. The molecular weight excluding hydrogens is 253 g/mol. The van der Waals surface area contributed by atoms with E-state index in [1.165, 1.54) is 13.0 Å². The third-order valence-corrected chi connectivity index (χ3v) is 2.47. The van der Waals surface area contributed by atoms with Crippen molar-refractivity contribution in [2.45, 2.75) is 38.0 Å². The van der Waals surface area contributed by atoms with Gasteiger partial charge in [0, 0.05) is 6.42 Å². The number of alkyl halides is 3. The summed E-state index contributed by atoms with van der Waals surface area (Å²) in [4.78, 5) is 10.6. The Hall–Kier alpha value is -1.50. The van der Waals surface area contributed by atoms with E-state index < -0.39 is 24.2 Å². The van der Waals surface area contributed by atoms with Gasteiger partial charge in [-0.05, 0) is 31.9 Å². The van der Waals surface area contributed by atoms with Crippen LogP contribution < -0.4 is 0 Å². The number of rotatable bonds is 5.